The minimum atomic E-state index is -1.70. The average molecular weight is 315 g/mol. The third-order valence-corrected chi connectivity index (χ3v) is 3.52. The van der Waals surface area contributed by atoms with E-state index >= 15 is 0 Å². The van der Waals surface area contributed by atoms with E-state index in [1.165, 1.54) is 0 Å². The van der Waals surface area contributed by atoms with Crippen LogP contribution in [0.3, 0.4) is 0 Å². The van der Waals surface area contributed by atoms with Gasteiger partial charge in [0.25, 0.3) is 5.95 Å². The van der Waals surface area contributed by atoms with E-state index in [0.717, 1.165) is 12.2 Å². The highest BCUT2D eigenvalue weighted by atomic mass is 28.4. The molecule has 0 saturated carbocycles. The number of allylic oxidation sites excluding steroid dienone is 3. The van der Waals surface area contributed by atoms with Crippen LogP contribution in [0.2, 0.25) is 39.3 Å². The fourth-order valence-corrected chi connectivity index (χ4v) is 2.91. The monoisotopic (exact) mass is 314 g/mol. The summed E-state index contributed by atoms with van der Waals surface area (Å²) >= 11 is 0. The molecule has 3 nitrogen and oxygen atoms in total. The van der Waals surface area contributed by atoms with Gasteiger partial charge in [-0.15, -0.1) is 6.58 Å². The van der Waals surface area contributed by atoms with Gasteiger partial charge in [0, 0.05) is 0 Å². The Morgan fingerprint density at radius 1 is 1.00 bits per heavy atom. The molecule has 0 saturated heterocycles. The van der Waals surface area contributed by atoms with Crippen LogP contribution in [-0.4, -0.2) is 23.2 Å². The summed E-state index contributed by atoms with van der Waals surface area (Å²) in [6.07, 6.45) is 6.49. The Kier molecular flexibility index (Phi) is 7.97. The molecule has 0 radical (unpaired) electrons. The molecule has 0 heterocycles. The predicted molar refractivity (Wildman–Crippen MR) is 91.5 cm³/mol. The SMILES string of the molecule is C=CC/C=C(\C=C(\OCC)O[Si](C)(C)C)O[Si](C)(C)C. The number of rotatable bonds is 9. The summed E-state index contributed by atoms with van der Waals surface area (Å²) in [6, 6.07) is 0. The van der Waals surface area contributed by atoms with Gasteiger partial charge in [-0.05, 0) is 58.7 Å². The Hall–Kier alpha value is -0.946. The van der Waals surface area contributed by atoms with Crippen LogP contribution in [0.5, 0.6) is 0 Å². The van der Waals surface area contributed by atoms with Gasteiger partial charge in [0.1, 0.15) is 5.76 Å². The first-order valence-corrected chi connectivity index (χ1v) is 13.9. The lowest BCUT2D eigenvalue weighted by Gasteiger charge is -2.24. The first-order chi connectivity index (χ1) is 9.07. The van der Waals surface area contributed by atoms with Gasteiger partial charge in [-0.2, -0.15) is 0 Å². The standard InChI is InChI=1S/C15H30O3Si2/c1-9-11-12-14(17-19(3,4)5)13-15(16-10-2)18-20(6,7)8/h9,12-13H,1,10-11H2,2-8H3/b14-12+,15-13-. The smallest absolute Gasteiger partial charge is 0.268 e. The zero-order valence-corrected chi connectivity index (χ0v) is 16.1. The Bertz CT molecular complexity index is 360. The highest BCUT2D eigenvalue weighted by molar-refractivity contribution is 6.70. The second-order valence-electron chi connectivity index (χ2n) is 6.46. The molecule has 0 N–H and O–H groups in total. The van der Waals surface area contributed by atoms with Gasteiger partial charge >= 0.3 is 0 Å². The van der Waals surface area contributed by atoms with Crippen LogP contribution < -0.4 is 0 Å². The molecule has 0 aromatic heterocycles. The molecule has 0 aliphatic heterocycles. The summed E-state index contributed by atoms with van der Waals surface area (Å²) in [4.78, 5) is 0. The fraction of sp³-hybridized carbons (Fsp3) is 0.600. The highest BCUT2D eigenvalue weighted by Crippen LogP contribution is 2.18. The molecule has 5 heteroatoms. The van der Waals surface area contributed by atoms with Crippen molar-refractivity contribution in [2.24, 2.45) is 0 Å². The molecular formula is C15H30O3Si2. The van der Waals surface area contributed by atoms with Crippen molar-refractivity contribution in [1.29, 1.82) is 0 Å². The average Bonchev–Trinajstić information content (AvgIpc) is 2.21. The summed E-state index contributed by atoms with van der Waals surface area (Å²) < 4.78 is 17.6. The minimum absolute atomic E-state index is 0.556. The molecule has 0 amide bonds. The normalized spacial score (nSPS) is 13.9. The van der Waals surface area contributed by atoms with E-state index in [1.807, 2.05) is 25.2 Å². The molecule has 0 rings (SSSR count). The largest absolute Gasteiger partial charge is 0.544 e. The van der Waals surface area contributed by atoms with Crippen molar-refractivity contribution in [2.45, 2.75) is 52.6 Å². The molecule has 20 heavy (non-hydrogen) atoms. The lowest BCUT2D eigenvalue weighted by molar-refractivity contribution is 0.111. The maximum atomic E-state index is 6.06. The molecule has 0 fully saturated rings. The van der Waals surface area contributed by atoms with Crippen LogP contribution in [0, 0.1) is 0 Å². The topological polar surface area (TPSA) is 27.7 Å². The van der Waals surface area contributed by atoms with E-state index in [0.29, 0.717) is 12.6 Å². The number of hydrogen-bond donors (Lipinski definition) is 0. The van der Waals surface area contributed by atoms with Crippen LogP contribution in [0.25, 0.3) is 0 Å². The van der Waals surface area contributed by atoms with E-state index in [9.17, 15) is 0 Å². The van der Waals surface area contributed by atoms with Crippen LogP contribution in [0.1, 0.15) is 13.3 Å². The molecule has 0 aromatic rings. The molecule has 0 aliphatic carbocycles. The number of hydrogen-bond acceptors (Lipinski definition) is 3. The van der Waals surface area contributed by atoms with E-state index in [4.69, 9.17) is 13.6 Å². The quantitative estimate of drug-likeness (QED) is 0.259. The van der Waals surface area contributed by atoms with Gasteiger partial charge in [-0.1, -0.05) is 6.08 Å². The molecule has 0 bridgehead atoms. The Morgan fingerprint density at radius 2 is 1.55 bits per heavy atom. The maximum Gasteiger partial charge on any atom is 0.268 e. The second kappa shape index (κ2) is 8.36. The Morgan fingerprint density at radius 3 is 1.95 bits per heavy atom. The third-order valence-electron chi connectivity index (χ3n) is 1.86. The van der Waals surface area contributed by atoms with Crippen LogP contribution >= 0.6 is 0 Å². The van der Waals surface area contributed by atoms with Crippen molar-refractivity contribution in [2.75, 3.05) is 6.61 Å². The van der Waals surface area contributed by atoms with Gasteiger partial charge < -0.3 is 13.6 Å². The van der Waals surface area contributed by atoms with Crippen LogP contribution in [0.15, 0.2) is 36.5 Å². The first kappa shape index (κ1) is 19.1. The molecule has 0 atom stereocenters. The van der Waals surface area contributed by atoms with E-state index in [2.05, 4.69) is 45.9 Å². The van der Waals surface area contributed by atoms with Crippen molar-refractivity contribution in [3.63, 3.8) is 0 Å². The summed E-state index contributed by atoms with van der Waals surface area (Å²) in [6.45, 7) is 19.1. The van der Waals surface area contributed by atoms with Gasteiger partial charge in [0.2, 0.25) is 16.6 Å². The first-order valence-electron chi connectivity index (χ1n) is 7.11. The molecule has 0 aromatic carbocycles. The Labute approximate surface area is 126 Å². The summed E-state index contributed by atoms with van der Waals surface area (Å²) in [7, 11) is -3.36. The van der Waals surface area contributed by atoms with Crippen LogP contribution in [0.4, 0.5) is 0 Å². The molecule has 0 unspecified atom stereocenters. The summed E-state index contributed by atoms with van der Waals surface area (Å²) in [5, 5.41) is 0. The summed E-state index contributed by atoms with van der Waals surface area (Å²) in [5.41, 5.74) is 0. The van der Waals surface area contributed by atoms with Gasteiger partial charge in [-0.3, -0.25) is 0 Å². The highest BCUT2D eigenvalue weighted by Gasteiger charge is 2.21. The predicted octanol–water partition coefficient (Wildman–Crippen LogP) is 5.03. The zero-order chi connectivity index (χ0) is 15.8. The van der Waals surface area contributed by atoms with Gasteiger partial charge in [-0.25, -0.2) is 0 Å². The Balaban J connectivity index is 5.19. The van der Waals surface area contributed by atoms with E-state index in [-0.39, 0.29) is 0 Å². The molecule has 116 valence electrons. The van der Waals surface area contributed by atoms with Crippen molar-refractivity contribution in [1.82, 2.24) is 0 Å². The van der Waals surface area contributed by atoms with Gasteiger partial charge in [0.05, 0.1) is 12.7 Å². The maximum absolute atomic E-state index is 6.06. The van der Waals surface area contributed by atoms with E-state index < -0.39 is 16.6 Å². The second-order valence-corrected chi connectivity index (χ2v) is 15.3. The molecule has 0 aliphatic rings. The van der Waals surface area contributed by atoms with Crippen molar-refractivity contribution >= 4 is 16.6 Å². The zero-order valence-electron chi connectivity index (χ0n) is 14.1. The number of ether oxygens (including phenoxy) is 1. The third kappa shape index (κ3) is 10.9. The minimum Gasteiger partial charge on any atom is -0.544 e. The van der Waals surface area contributed by atoms with E-state index in [1.54, 1.807) is 0 Å². The van der Waals surface area contributed by atoms with Crippen molar-refractivity contribution in [3.8, 4) is 0 Å². The van der Waals surface area contributed by atoms with Crippen molar-refractivity contribution < 1.29 is 13.6 Å². The van der Waals surface area contributed by atoms with Gasteiger partial charge in [0.15, 0.2) is 0 Å². The fourth-order valence-electron chi connectivity index (χ4n) is 1.34. The lowest BCUT2D eigenvalue weighted by Crippen LogP contribution is -2.27. The molecular weight excluding hydrogens is 284 g/mol. The molecule has 0 spiro atoms. The lowest BCUT2D eigenvalue weighted by atomic mass is 10.3. The van der Waals surface area contributed by atoms with Crippen LogP contribution in [-0.2, 0) is 13.6 Å². The summed E-state index contributed by atoms with van der Waals surface area (Å²) in [5.74, 6) is 1.37. The van der Waals surface area contributed by atoms with Crippen molar-refractivity contribution in [3.05, 3.63) is 36.5 Å².